The lowest BCUT2D eigenvalue weighted by molar-refractivity contribution is -0.119. The highest BCUT2D eigenvalue weighted by Gasteiger charge is 2.26. The fourth-order valence-corrected chi connectivity index (χ4v) is 0.959. The molecule has 56 valence electrons. The Morgan fingerprint density at radius 3 is 3.18 bits per heavy atom. The van der Waals surface area contributed by atoms with E-state index in [1.165, 1.54) is 0 Å². The van der Waals surface area contributed by atoms with Crippen molar-refractivity contribution >= 4 is 11.8 Å². The Balaban J connectivity index is 2.52. The third-order valence-electron chi connectivity index (χ3n) is 1.43. The highest BCUT2D eigenvalue weighted by atomic mass is 16.4. The minimum Gasteiger partial charge on any atom is -0.438 e. The Labute approximate surface area is 61.4 Å². The molecule has 0 bridgehead atoms. The molecule has 0 atom stereocenters. The van der Waals surface area contributed by atoms with E-state index in [1.807, 2.05) is 0 Å². The second-order valence-corrected chi connectivity index (χ2v) is 2.18. The first-order valence-electron chi connectivity index (χ1n) is 3.04. The van der Waals surface area contributed by atoms with Crippen molar-refractivity contribution in [3.63, 3.8) is 0 Å². The Hall–Kier alpha value is -1.65. The third kappa shape index (κ3) is 0.813. The first kappa shape index (κ1) is 6.09. The van der Waals surface area contributed by atoms with Gasteiger partial charge in [0.25, 0.3) is 5.91 Å². The van der Waals surface area contributed by atoms with E-state index in [0.29, 0.717) is 5.69 Å². The number of nitrogens with one attached hydrogen (secondary N) is 1. The van der Waals surface area contributed by atoms with Crippen molar-refractivity contribution in [2.75, 3.05) is 0 Å². The summed E-state index contributed by atoms with van der Waals surface area (Å²) in [7, 11) is 0. The molecule has 1 aromatic rings. The molecule has 2 rings (SSSR count). The zero-order chi connectivity index (χ0) is 7.84. The van der Waals surface area contributed by atoms with Gasteiger partial charge in [-0.2, -0.15) is 0 Å². The van der Waals surface area contributed by atoms with Crippen LogP contribution in [0.2, 0.25) is 0 Å². The summed E-state index contributed by atoms with van der Waals surface area (Å²) in [6, 6.07) is 0. The van der Waals surface area contributed by atoms with Crippen LogP contribution >= 0.6 is 0 Å². The molecule has 11 heavy (non-hydrogen) atoms. The van der Waals surface area contributed by atoms with E-state index < -0.39 is 5.91 Å². The van der Waals surface area contributed by atoms with Crippen LogP contribution in [-0.2, 0) is 11.2 Å². The summed E-state index contributed by atoms with van der Waals surface area (Å²) in [5.41, 5.74) is 0.416. The number of amides is 2. The number of imide groups is 1. The highest BCUT2D eigenvalue weighted by Crippen LogP contribution is 2.10. The van der Waals surface area contributed by atoms with E-state index in [1.54, 1.807) is 0 Å². The van der Waals surface area contributed by atoms with E-state index in [-0.39, 0.29) is 18.1 Å². The molecular weight excluding hydrogens is 148 g/mol. The van der Waals surface area contributed by atoms with Crippen molar-refractivity contribution in [3.05, 3.63) is 17.8 Å². The molecule has 0 radical (unpaired) electrons. The number of oxazole rings is 1. The molecule has 0 saturated carbocycles. The van der Waals surface area contributed by atoms with Crippen LogP contribution in [0.15, 0.2) is 10.8 Å². The van der Waals surface area contributed by atoms with Gasteiger partial charge in [0.1, 0.15) is 5.69 Å². The zero-order valence-corrected chi connectivity index (χ0v) is 5.46. The molecule has 0 aromatic carbocycles. The Morgan fingerprint density at radius 2 is 2.36 bits per heavy atom. The fraction of sp³-hybridized carbons (Fsp3) is 0.167. The number of carbonyl (C=O) groups excluding carboxylic acids is 2. The van der Waals surface area contributed by atoms with Gasteiger partial charge in [-0.25, -0.2) is 4.98 Å². The lowest BCUT2D eigenvalue weighted by Gasteiger charge is -2.06. The molecule has 1 aliphatic rings. The van der Waals surface area contributed by atoms with Gasteiger partial charge in [0, 0.05) is 0 Å². The first-order valence-corrected chi connectivity index (χ1v) is 3.04. The average Bonchev–Trinajstić information content (AvgIpc) is 2.34. The largest absolute Gasteiger partial charge is 0.438 e. The molecule has 0 saturated heterocycles. The highest BCUT2D eigenvalue weighted by molar-refractivity contribution is 6.07. The smallest absolute Gasteiger partial charge is 0.295 e. The van der Waals surface area contributed by atoms with Crippen molar-refractivity contribution in [1.29, 1.82) is 0 Å². The number of fused-ring (bicyclic) bond motifs is 1. The van der Waals surface area contributed by atoms with E-state index >= 15 is 0 Å². The van der Waals surface area contributed by atoms with Crippen LogP contribution < -0.4 is 5.32 Å². The summed E-state index contributed by atoms with van der Waals surface area (Å²) in [6.45, 7) is 0. The molecule has 0 fully saturated rings. The molecule has 1 aromatic heterocycles. The van der Waals surface area contributed by atoms with Crippen molar-refractivity contribution in [3.8, 4) is 0 Å². The molecule has 5 nitrogen and oxygen atoms in total. The van der Waals surface area contributed by atoms with Gasteiger partial charge >= 0.3 is 0 Å². The predicted molar refractivity (Wildman–Crippen MR) is 32.7 cm³/mol. The van der Waals surface area contributed by atoms with Crippen molar-refractivity contribution in [1.82, 2.24) is 10.3 Å². The van der Waals surface area contributed by atoms with Gasteiger partial charge in [-0.3, -0.25) is 14.9 Å². The van der Waals surface area contributed by atoms with Crippen LogP contribution in [0.5, 0.6) is 0 Å². The summed E-state index contributed by atoms with van der Waals surface area (Å²) in [4.78, 5) is 25.3. The molecule has 2 amide bonds. The van der Waals surface area contributed by atoms with E-state index in [2.05, 4.69) is 10.3 Å². The first-order chi connectivity index (χ1) is 5.27. The maximum absolute atomic E-state index is 10.9. The topological polar surface area (TPSA) is 72.2 Å². The van der Waals surface area contributed by atoms with Gasteiger partial charge in [0.2, 0.25) is 11.7 Å². The normalized spacial score (nSPS) is 16.0. The van der Waals surface area contributed by atoms with E-state index in [9.17, 15) is 9.59 Å². The van der Waals surface area contributed by atoms with Gasteiger partial charge in [-0.15, -0.1) is 0 Å². The second-order valence-electron chi connectivity index (χ2n) is 2.18. The molecule has 5 heteroatoms. The number of carbonyl (C=O) groups is 2. The van der Waals surface area contributed by atoms with Crippen molar-refractivity contribution in [2.45, 2.75) is 6.42 Å². The molecule has 2 heterocycles. The van der Waals surface area contributed by atoms with E-state index in [0.717, 1.165) is 6.39 Å². The Morgan fingerprint density at radius 1 is 1.55 bits per heavy atom. The lowest BCUT2D eigenvalue weighted by Crippen LogP contribution is -2.36. The summed E-state index contributed by atoms with van der Waals surface area (Å²) in [5.74, 6) is -0.699. The van der Waals surface area contributed by atoms with Crippen LogP contribution in [0.3, 0.4) is 0 Å². The lowest BCUT2D eigenvalue weighted by atomic mass is 10.2. The number of rotatable bonds is 0. The van der Waals surface area contributed by atoms with E-state index in [4.69, 9.17) is 4.42 Å². The molecule has 0 aliphatic carbocycles. The third-order valence-corrected chi connectivity index (χ3v) is 1.43. The fourth-order valence-electron chi connectivity index (χ4n) is 0.959. The molecular formula is C6H4N2O3. The average molecular weight is 152 g/mol. The summed E-state index contributed by atoms with van der Waals surface area (Å²) < 4.78 is 4.74. The molecule has 1 aliphatic heterocycles. The number of hydrogen-bond acceptors (Lipinski definition) is 4. The van der Waals surface area contributed by atoms with Crippen LogP contribution in [0, 0.1) is 0 Å². The minimum atomic E-state index is -0.506. The quantitative estimate of drug-likeness (QED) is 0.508. The van der Waals surface area contributed by atoms with Crippen LogP contribution in [0.1, 0.15) is 16.2 Å². The summed E-state index contributed by atoms with van der Waals surface area (Å²) in [5, 5.41) is 2.11. The van der Waals surface area contributed by atoms with Gasteiger partial charge in [0.15, 0.2) is 6.39 Å². The van der Waals surface area contributed by atoms with Crippen LogP contribution in [0.4, 0.5) is 0 Å². The van der Waals surface area contributed by atoms with Crippen LogP contribution in [-0.4, -0.2) is 16.8 Å². The predicted octanol–water partition coefficient (Wildman–Crippen LogP) is -0.513. The van der Waals surface area contributed by atoms with Gasteiger partial charge in [-0.05, 0) is 0 Å². The Bertz CT molecular complexity index is 328. The molecule has 0 unspecified atom stereocenters. The molecule has 0 spiro atoms. The monoisotopic (exact) mass is 152 g/mol. The number of aromatic nitrogens is 1. The maximum atomic E-state index is 10.9. The summed E-state index contributed by atoms with van der Waals surface area (Å²) >= 11 is 0. The maximum Gasteiger partial charge on any atom is 0.295 e. The van der Waals surface area contributed by atoms with Gasteiger partial charge < -0.3 is 4.42 Å². The van der Waals surface area contributed by atoms with Gasteiger partial charge in [-0.1, -0.05) is 0 Å². The SMILES string of the molecule is O=C1Cc2ncoc2C(=O)N1. The number of hydrogen-bond donors (Lipinski definition) is 1. The van der Waals surface area contributed by atoms with Crippen molar-refractivity contribution in [2.24, 2.45) is 0 Å². The van der Waals surface area contributed by atoms with Crippen molar-refractivity contribution < 1.29 is 14.0 Å². The second kappa shape index (κ2) is 1.91. The number of nitrogens with zero attached hydrogens (tertiary/aromatic N) is 1. The van der Waals surface area contributed by atoms with Gasteiger partial charge in [0.05, 0.1) is 6.42 Å². The standard InChI is InChI=1S/C6H4N2O3/c9-4-1-3-5(6(10)8-4)11-2-7-3/h2H,1H2,(H,8,9,10). The summed E-state index contributed by atoms with van der Waals surface area (Å²) in [6.07, 6.45) is 1.28. The molecule has 1 N–H and O–H groups in total. The Kier molecular flexibility index (Phi) is 1.06. The van der Waals surface area contributed by atoms with Crippen LogP contribution in [0.25, 0.3) is 0 Å². The zero-order valence-electron chi connectivity index (χ0n) is 5.46. The minimum absolute atomic E-state index is 0.123.